The molecule has 2 atom stereocenters. The van der Waals surface area contributed by atoms with Gasteiger partial charge in [0.15, 0.2) is 0 Å². The molecule has 1 aromatic rings. The molecule has 1 saturated carbocycles. The van der Waals surface area contributed by atoms with Crippen LogP contribution in [0.25, 0.3) is 0 Å². The lowest BCUT2D eigenvalue weighted by molar-refractivity contribution is 0.315. The molecule has 0 radical (unpaired) electrons. The Hall–Kier alpha value is -1.02. The van der Waals surface area contributed by atoms with Gasteiger partial charge in [0.05, 0.1) is 7.11 Å². The lowest BCUT2D eigenvalue weighted by Crippen LogP contribution is -2.28. The van der Waals surface area contributed by atoms with Crippen molar-refractivity contribution in [3.8, 4) is 5.75 Å². The normalized spacial score (nSPS) is 27.4. The first-order chi connectivity index (χ1) is 8.67. The Balaban J connectivity index is 2.04. The third-order valence-corrected chi connectivity index (χ3v) is 4.14. The maximum Gasteiger partial charge on any atom is 0.122 e. The van der Waals surface area contributed by atoms with E-state index in [1.165, 1.54) is 24.8 Å². The summed E-state index contributed by atoms with van der Waals surface area (Å²) < 4.78 is 5.46. The summed E-state index contributed by atoms with van der Waals surface area (Å²) in [5.74, 6) is 1.03. The van der Waals surface area contributed by atoms with Crippen molar-refractivity contribution in [1.82, 2.24) is 5.32 Å². The highest BCUT2D eigenvalue weighted by atomic mass is 16.5. The van der Waals surface area contributed by atoms with E-state index in [9.17, 15) is 0 Å². The Bertz CT molecular complexity index is 390. The Morgan fingerprint density at radius 1 is 1.39 bits per heavy atom. The molecule has 0 amide bonds. The zero-order chi connectivity index (χ0) is 13.0. The lowest BCUT2D eigenvalue weighted by atomic mass is 9.81. The minimum atomic E-state index is 0.418. The molecule has 1 aromatic carbocycles. The molecule has 0 heterocycles. The second-order valence-electron chi connectivity index (χ2n) is 5.80. The van der Waals surface area contributed by atoms with Gasteiger partial charge in [-0.05, 0) is 49.3 Å². The Morgan fingerprint density at radius 2 is 2.17 bits per heavy atom. The fourth-order valence-corrected chi connectivity index (χ4v) is 3.25. The first-order valence-corrected chi connectivity index (χ1v) is 7.02. The average Bonchev–Trinajstić information content (AvgIpc) is 2.72. The number of hydrogen-bond donors (Lipinski definition) is 1. The number of ether oxygens (including phenoxy) is 1. The highest BCUT2D eigenvalue weighted by Crippen LogP contribution is 2.41. The zero-order valence-electron chi connectivity index (χ0n) is 11.8. The van der Waals surface area contributed by atoms with E-state index >= 15 is 0 Å². The van der Waals surface area contributed by atoms with Crippen LogP contribution in [0.2, 0.25) is 0 Å². The Labute approximate surface area is 111 Å². The second kappa shape index (κ2) is 5.75. The predicted octanol–water partition coefficient (Wildman–Crippen LogP) is 3.41. The SMILES string of the molecule is CCNC1CCC(C)(Cc2ccccc2OC)C1. The first-order valence-electron chi connectivity index (χ1n) is 7.02. The Kier molecular flexibility index (Phi) is 4.28. The van der Waals surface area contributed by atoms with Crippen LogP contribution in [-0.4, -0.2) is 19.7 Å². The van der Waals surface area contributed by atoms with Gasteiger partial charge in [0.25, 0.3) is 0 Å². The molecular formula is C16H25NO. The van der Waals surface area contributed by atoms with E-state index in [1.807, 2.05) is 6.07 Å². The molecule has 1 aliphatic carbocycles. The van der Waals surface area contributed by atoms with Gasteiger partial charge in [-0.2, -0.15) is 0 Å². The molecular weight excluding hydrogens is 222 g/mol. The van der Waals surface area contributed by atoms with E-state index in [0.29, 0.717) is 11.5 Å². The third kappa shape index (κ3) is 3.05. The van der Waals surface area contributed by atoms with Gasteiger partial charge in [-0.3, -0.25) is 0 Å². The van der Waals surface area contributed by atoms with E-state index < -0.39 is 0 Å². The van der Waals surface area contributed by atoms with Crippen molar-refractivity contribution in [2.24, 2.45) is 5.41 Å². The van der Waals surface area contributed by atoms with Crippen LogP contribution in [0.3, 0.4) is 0 Å². The van der Waals surface area contributed by atoms with Crippen LogP contribution in [0.15, 0.2) is 24.3 Å². The largest absolute Gasteiger partial charge is 0.496 e. The van der Waals surface area contributed by atoms with Gasteiger partial charge in [-0.1, -0.05) is 32.0 Å². The molecule has 2 heteroatoms. The van der Waals surface area contributed by atoms with Crippen LogP contribution in [-0.2, 0) is 6.42 Å². The minimum absolute atomic E-state index is 0.418. The fraction of sp³-hybridized carbons (Fsp3) is 0.625. The van der Waals surface area contributed by atoms with E-state index in [2.05, 4.69) is 37.4 Å². The van der Waals surface area contributed by atoms with Gasteiger partial charge >= 0.3 is 0 Å². The van der Waals surface area contributed by atoms with Crippen molar-refractivity contribution in [3.63, 3.8) is 0 Å². The zero-order valence-corrected chi connectivity index (χ0v) is 11.8. The summed E-state index contributed by atoms with van der Waals surface area (Å²) in [7, 11) is 1.76. The highest BCUT2D eigenvalue weighted by Gasteiger charge is 2.35. The molecule has 2 unspecified atom stereocenters. The highest BCUT2D eigenvalue weighted by molar-refractivity contribution is 5.34. The molecule has 100 valence electrons. The van der Waals surface area contributed by atoms with Crippen molar-refractivity contribution in [2.75, 3.05) is 13.7 Å². The van der Waals surface area contributed by atoms with Gasteiger partial charge < -0.3 is 10.1 Å². The van der Waals surface area contributed by atoms with Crippen molar-refractivity contribution >= 4 is 0 Å². The van der Waals surface area contributed by atoms with Crippen molar-refractivity contribution in [1.29, 1.82) is 0 Å². The molecule has 0 aromatic heterocycles. The Morgan fingerprint density at radius 3 is 2.89 bits per heavy atom. The van der Waals surface area contributed by atoms with Crippen molar-refractivity contribution in [2.45, 2.75) is 45.6 Å². The van der Waals surface area contributed by atoms with Crippen LogP contribution in [0.5, 0.6) is 5.75 Å². The smallest absolute Gasteiger partial charge is 0.122 e. The van der Waals surface area contributed by atoms with Gasteiger partial charge in [-0.25, -0.2) is 0 Å². The standard InChI is InChI=1S/C16H25NO/c1-4-17-14-9-10-16(2,12-14)11-13-7-5-6-8-15(13)18-3/h5-8,14,17H,4,9-12H2,1-3H3. The molecule has 2 nitrogen and oxygen atoms in total. The molecule has 0 spiro atoms. The summed E-state index contributed by atoms with van der Waals surface area (Å²) in [6.45, 7) is 5.68. The average molecular weight is 247 g/mol. The van der Waals surface area contributed by atoms with Crippen LogP contribution < -0.4 is 10.1 Å². The third-order valence-electron chi connectivity index (χ3n) is 4.14. The van der Waals surface area contributed by atoms with Gasteiger partial charge in [0.1, 0.15) is 5.75 Å². The lowest BCUT2D eigenvalue weighted by Gasteiger charge is -2.25. The number of benzene rings is 1. The molecule has 0 aliphatic heterocycles. The van der Waals surface area contributed by atoms with E-state index in [1.54, 1.807) is 7.11 Å². The van der Waals surface area contributed by atoms with Gasteiger partial charge in [0.2, 0.25) is 0 Å². The molecule has 1 fully saturated rings. The predicted molar refractivity (Wildman–Crippen MR) is 76.1 cm³/mol. The molecule has 0 bridgehead atoms. The summed E-state index contributed by atoms with van der Waals surface area (Å²) in [5, 5.41) is 3.58. The number of para-hydroxylation sites is 1. The molecule has 1 aliphatic rings. The quantitative estimate of drug-likeness (QED) is 0.861. The summed E-state index contributed by atoms with van der Waals surface area (Å²) in [6, 6.07) is 9.12. The van der Waals surface area contributed by atoms with Crippen LogP contribution >= 0.6 is 0 Å². The number of nitrogens with one attached hydrogen (secondary N) is 1. The molecule has 2 rings (SSSR count). The van der Waals surface area contributed by atoms with Gasteiger partial charge in [0, 0.05) is 6.04 Å². The van der Waals surface area contributed by atoms with E-state index in [-0.39, 0.29) is 0 Å². The van der Waals surface area contributed by atoms with E-state index in [0.717, 1.165) is 18.7 Å². The number of rotatable bonds is 5. The van der Waals surface area contributed by atoms with Gasteiger partial charge in [-0.15, -0.1) is 0 Å². The van der Waals surface area contributed by atoms with Crippen LogP contribution in [0.1, 0.15) is 38.7 Å². The number of hydrogen-bond acceptors (Lipinski definition) is 2. The fourth-order valence-electron chi connectivity index (χ4n) is 3.25. The molecule has 0 saturated heterocycles. The molecule has 18 heavy (non-hydrogen) atoms. The van der Waals surface area contributed by atoms with Crippen LogP contribution in [0, 0.1) is 5.41 Å². The topological polar surface area (TPSA) is 21.3 Å². The van der Waals surface area contributed by atoms with E-state index in [4.69, 9.17) is 4.74 Å². The second-order valence-corrected chi connectivity index (χ2v) is 5.80. The minimum Gasteiger partial charge on any atom is -0.496 e. The van der Waals surface area contributed by atoms with Crippen LogP contribution in [0.4, 0.5) is 0 Å². The maximum atomic E-state index is 5.46. The summed E-state index contributed by atoms with van der Waals surface area (Å²) >= 11 is 0. The summed E-state index contributed by atoms with van der Waals surface area (Å²) in [6.07, 6.45) is 5.01. The number of methoxy groups -OCH3 is 1. The molecule has 1 N–H and O–H groups in total. The summed E-state index contributed by atoms with van der Waals surface area (Å²) in [4.78, 5) is 0. The maximum absolute atomic E-state index is 5.46. The first kappa shape index (κ1) is 13.4. The van der Waals surface area contributed by atoms with Crippen molar-refractivity contribution in [3.05, 3.63) is 29.8 Å². The summed E-state index contributed by atoms with van der Waals surface area (Å²) in [5.41, 5.74) is 1.77. The van der Waals surface area contributed by atoms with Crippen molar-refractivity contribution < 1.29 is 4.74 Å². The monoisotopic (exact) mass is 247 g/mol.